The minimum absolute atomic E-state index is 0.246. The molecule has 3 rings (SSSR count). The highest BCUT2D eigenvalue weighted by Crippen LogP contribution is 2.26. The van der Waals surface area contributed by atoms with E-state index in [4.69, 9.17) is 10.7 Å². The monoisotopic (exact) mass is 288 g/mol. The summed E-state index contributed by atoms with van der Waals surface area (Å²) in [6.07, 6.45) is 1.86. The molecule has 0 saturated carbocycles. The Kier molecular flexibility index (Phi) is 2.73. The van der Waals surface area contributed by atoms with E-state index in [2.05, 4.69) is 40.2 Å². The van der Waals surface area contributed by atoms with E-state index in [0.29, 0.717) is 0 Å². The standard InChI is InChI=1S/C14H13BrN2/c15-11-3-1-2-9(6-11)13-5-4-10-7-12(16)8-14(10)17-13/h1-6,12H,7-8,16H2. The zero-order valence-corrected chi connectivity index (χ0v) is 10.9. The lowest BCUT2D eigenvalue weighted by Gasteiger charge is -2.04. The Morgan fingerprint density at radius 3 is 2.88 bits per heavy atom. The van der Waals surface area contributed by atoms with Gasteiger partial charge in [-0.05, 0) is 30.2 Å². The lowest BCUT2D eigenvalue weighted by atomic mass is 10.1. The third kappa shape index (κ3) is 2.13. The molecule has 0 fully saturated rings. The van der Waals surface area contributed by atoms with Crippen molar-refractivity contribution in [2.24, 2.45) is 5.73 Å². The van der Waals surface area contributed by atoms with Crippen molar-refractivity contribution in [3.63, 3.8) is 0 Å². The number of hydrogen-bond acceptors (Lipinski definition) is 2. The van der Waals surface area contributed by atoms with E-state index in [1.165, 1.54) is 5.56 Å². The van der Waals surface area contributed by atoms with Crippen LogP contribution in [-0.2, 0) is 12.8 Å². The van der Waals surface area contributed by atoms with Crippen molar-refractivity contribution in [3.05, 3.63) is 52.1 Å². The van der Waals surface area contributed by atoms with Gasteiger partial charge in [0.25, 0.3) is 0 Å². The summed E-state index contributed by atoms with van der Waals surface area (Å²) in [7, 11) is 0. The molecular weight excluding hydrogens is 276 g/mol. The maximum atomic E-state index is 5.95. The second-order valence-electron chi connectivity index (χ2n) is 4.48. The smallest absolute Gasteiger partial charge is 0.0705 e. The summed E-state index contributed by atoms with van der Waals surface area (Å²) in [4.78, 5) is 4.71. The molecular formula is C14H13BrN2. The lowest BCUT2D eigenvalue weighted by Crippen LogP contribution is -2.19. The van der Waals surface area contributed by atoms with E-state index in [-0.39, 0.29) is 6.04 Å². The Balaban J connectivity index is 2.03. The summed E-state index contributed by atoms with van der Waals surface area (Å²) in [6.45, 7) is 0. The van der Waals surface area contributed by atoms with Crippen LogP contribution in [0.4, 0.5) is 0 Å². The van der Waals surface area contributed by atoms with Gasteiger partial charge in [0.15, 0.2) is 0 Å². The number of benzene rings is 1. The Hall–Kier alpha value is -1.19. The van der Waals surface area contributed by atoms with Gasteiger partial charge in [0.1, 0.15) is 0 Å². The summed E-state index contributed by atoms with van der Waals surface area (Å²) in [6, 6.07) is 12.7. The van der Waals surface area contributed by atoms with Gasteiger partial charge < -0.3 is 5.73 Å². The second kappa shape index (κ2) is 4.24. The Labute approximate surface area is 109 Å². The van der Waals surface area contributed by atoms with E-state index < -0.39 is 0 Å². The number of fused-ring (bicyclic) bond motifs is 1. The maximum absolute atomic E-state index is 5.95. The molecule has 1 aromatic heterocycles. The van der Waals surface area contributed by atoms with E-state index in [1.54, 1.807) is 0 Å². The summed E-state index contributed by atoms with van der Waals surface area (Å²) in [5.41, 5.74) is 10.6. The van der Waals surface area contributed by atoms with Crippen LogP contribution < -0.4 is 5.73 Å². The average Bonchev–Trinajstić information content (AvgIpc) is 2.68. The highest BCUT2D eigenvalue weighted by atomic mass is 79.9. The SMILES string of the molecule is NC1Cc2ccc(-c3cccc(Br)c3)nc2C1. The molecule has 0 amide bonds. The molecule has 2 nitrogen and oxygen atoms in total. The van der Waals surface area contributed by atoms with E-state index >= 15 is 0 Å². The summed E-state index contributed by atoms with van der Waals surface area (Å²) in [5.74, 6) is 0. The van der Waals surface area contributed by atoms with Gasteiger partial charge in [-0.1, -0.05) is 34.1 Å². The molecule has 3 heteroatoms. The number of nitrogens with two attached hydrogens (primary N) is 1. The van der Waals surface area contributed by atoms with Crippen LogP contribution in [-0.4, -0.2) is 11.0 Å². The minimum atomic E-state index is 0.246. The van der Waals surface area contributed by atoms with Gasteiger partial charge in [0, 0.05) is 28.2 Å². The van der Waals surface area contributed by atoms with Crippen LogP contribution in [0.2, 0.25) is 0 Å². The van der Waals surface area contributed by atoms with Gasteiger partial charge in [-0.2, -0.15) is 0 Å². The van der Waals surface area contributed by atoms with Crippen LogP contribution in [0.5, 0.6) is 0 Å². The third-order valence-corrected chi connectivity index (χ3v) is 3.62. The Bertz CT molecular complexity index is 566. The highest BCUT2D eigenvalue weighted by Gasteiger charge is 2.19. The zero-order valence-electron chi connectivity index (χ0n) is 9.36. The summed E-state index contributed by atoms with van der Waals surface area (Å²) >= 11 is 3.48. The highest BCUT2D eigenvalue weighted by molar-refractivity contribution is 9.10. The molecule has 17 heavy (non-hydrogen) atoms. The van der Waals surface area contributed by atoms with Crippen molar-refractivity contribution in [1.82, 2.24) is 4.98 Å². The molecule has 0 spiro atoms. The first-order valence-electron chi connectivity index (χ1n) is 5.73. The third-order valence-electron chi connectivity index (χ3n) is 3.13. The Morgan fingerprint density at radius 1 is 1.18 bits per heavy atom. The van der Waals surface area contributed by atoms with E-state index in [0.717, 1.165) is 34.3 Å². The molecule has 1 aliphatic rings. The molecule has 0 saturated heterocycles. The molecule has 0 radical (unpaired) electrons. The minimum Gasteiger partial charge on any atom is -0.327 e. The molecule has 1 aromatic carbocycles. The van der Waals surface area contributed by atoms with E-state index in [9.17, 15) is 0 Å². The van der Waals surface area contributed by atoms with Gasteiger partial charge in [0.05, 0.1) is 5.69 Å². The predicted molar refractivity (Wildman–Crippen MR) is 72.8 cm³/mol. The van der Waals surface area contributed by atoms with Crippen molar-refractivity contribution in [1.29, 1.82) is 0 Å². The van der Waals surface area contributed by atoms with E-state index in [1.807, 2.05) is 12.1 Å². The van der Waals surface area contributed by atoms with Crippen LogP contribution in [0.25, 0.3) is 11.3 Å². The molecule has 1 aliphatic carbocycles. The van der Waals surface area contributed by atoms with Crippen LogP contribution in [0.3, 0.4) is 0 Å². The zero-order chi connectivity index (χ0) is 11.8. The topological polar surface area (TPSA) is 38.9 Å². The second-order valence-corrected chi connectivity index (χ2v) is 5.40. The van der Waals surface area contributed by atoms with Crippen molar-refractivity contribution < 1.29 is 0 Å². The largest absolute Gasteiger partial charge is 0.327 e. The molecule has 86 valence electrons. The van der Waals surface area contributed by atoms with Crippen molar-refractivity contribution in [3.8, 4) is 11.3 Å². The van der Waals surface area contributed by atoms with Crippen LogP contribution in [0.15, 0.2) is 40.9 Å². The van der Waals surface area contributed by atoms with Crippen molar-refractivity contribution in [2.75, 3.05) is 0 Å². The molecule has 1 atom stereocenters. The summed E-state index contributed by atoms with van der Waals surface area (Å²) < 4.78 is 1.08. The first kappa shape index (κ1) is 10.9. The molecule has 1 heterocycles. The molecule has 1 unspecified atom stereocenters. The van der Waals surface area contributed by atoms with Gasteiger partial charge >= 0.3 is 0 Å². The Morgan fingerprint density at radius 2 is 2.06 bits per heavy atom. The molecule has 0 aliphatic heterocycles. The predicted octanol–water partition coefficient (Wildman–Crippen LogP) is 2.94. The number of aromatic nitrogens is 1. The van der Waals surface area contributed by atoms with Crippen LogP contribution in [0, 0.1) is 0 Å². The van der Waals surface area contributed by atoms with Crippen LogP contribution in [0.1, 0.15) is 11.3 Å². The quantitative estimate of drug-likeness (QED) is 0.876. The van der Waals surface area contributed by atoms with Gasteiger partial charge in [0.2, 0.25) is 0 Å². The first-order valence-corrected chi connectivity index (χ1v) is 6.52. The number of pyridine rings is 1. The van der Waals surface area contributed by atoms with Crippen molar-refractivity contribution >= 4 is 15.9 Å². The maximum Gasteiger partial charge on any atom is 0.0705 e. The fraction of sp³-hybridized carbons (Fsp3) is 0.214. The fourth-order valence-corrected chi connectivity index (χ4v) is 2.70. The molecule has 2 aromatic rings. The summed E-state index contributed by atoms with van der Waals surface area (Å²) in [5, 5.41) is 0. The normalized spacial score (nSPS) is 18.1. The van der Waals surface area contributed by atoms with Gasteiger partial charge in [-0.25, -0.2) is 0 Å². The molecule has 2 N–H and O–H groups in total. The number of halogens is 1. The van der Waals surface area contributed by atoms with Crippen molar-refractivity contribution in [2.45, 2.75) is 18.9 Å². The average molecular weight is 289 g/mol. The lowest BCUT2D eigenvalue weighted by molar-refractivity contribution is 0.716. The molecule has 0 bridgehead atoms. The van der Waals surface area contributed by atoms with Gasteiger partial charge in [-0.3, -0.25) is 4.98 Å². The first-order chi connectivity index (χ1) is 8.22. The fourth-order valence-electron chi connectivity index (χ4n) is 2.30. The van der Waals surface area contributed by atoms with Crippen LogP contribution >= 0.6 is 15.9 Å². The number of rotatable bonds is 1. The van der Waals surface area contributed by atoms with Gasteiger partial charge in [-0.15, -0.1) is 0 Å². The number of nitrogens with zero attached hydrogens (tertiary/aromatic N) is 1. The number of hydrogen-bond donors (Lipinski definition) is 1.